The van der Waals surface area contributed by atoms with E-state index >= 15 is 0 Å². The molecule has 5 aromatic carbocycles. The molecule has 2 atom stereocenters. The quantitative estimate of drug-likeness (QED) is 0.226. The zero-order chi connectivity index (χ0) is 30.4. The number of benzene rings is 5. The molecule has 0 heterocycles. The topological polar surface area (TPSA) is 127 Å². The van der Waals surface area contributed by atoms with Gasteiger partial charge in [0.15, 0.2) is 11.5 Å². The molecule has 10 nitrogen and oxygen atoms in total. The smallest absolute Gasteiger partial charge is 0.232 e. The van der Waals surface area contributed by atoms with Crippen LogP contribution in [0.15, 0.2) is 21.7 Å². The predicted molar refractivity (Wildman–Crippen MR) is 158 cm³/mol. The molecule has 0 bridgehead atoms. The summed E-state index contributed by atoms with van der Waals surface area (Å²) in [7, 11) is 8.60. The Balaban J connectivity index is 2.20. The minimum atomic E-state index is -1.75. The van der Waals surface area contributed by atoms with Gasteiger partial charge in [-0.05, 0) is 24.6 Å². The summed E-state index contributed by atoms with van der Waals surface area (Å²) in [5.74, 6) is -0.488. The highest BCUT2D eigenvalue weighted by Gasteiger charge is 2.46. The highest BCUT2D eigenvalue weighted by Crippen LogP contribution is 2.57. The van der Waals surface area contributed by atoms with E-state index in [0.29, 0.717) is 49.4 Å². The van der Waals surface area contributed by atoms with Gasteiger partial charge in [0, 0.05) is 51.2 Å². The first-order chi connectivity index (χ1) is 20.0. The zero-order valence-corrected chi connectivity index (χ0v) is 24.6. The molecule has 0 spiro atoms. The molecule has 0 saturated heterocycles. The molecule has 6 rings (SSSR count). The van der Waals surface area contributed by atoms with Crippen molar-refractivity contribution in [1.29, 1.82) is 0 Å². The van der Waals surface area contributed by atoms with Crippen molar-refractivity contribution in [3.63, 3.8) is 0 Å². The Kier molecular flexibility index (Phi) is 6.06. The van der Waals surface area contributed by atoms with Crippen molar-refractivity contribution in [1.82, 2.24) is 0 Å². The predicted octanol–water partition coefficient (Wildman–Crippen LogP) is 3.93. The number of ether oxygens (including phenoxy) is 6. The van der Waals surface area contributed by atoms with Crippen LogP contribution >= 0.6 is 0 Å². The normalized spacial score (nSPS) is 18.2. The lowest BCUT2D eigenvalue weighted by Gasteiger charge is -2.31. The van der Waals surface area contributed by atoms with Gasteiger partial charge in [0.2, 0.25) is 10.9 Å². The first-order valence-electron chi connectivity index (χ1n) is 13.2. The fourth-order valence-electron chi connectivity index (χ4n) is 7.17. The summed E-state index contributed by atoms with van der Waals surface area (Å²) in [5.41, 5.74) is -2.11. The third-order valence-corrected chi connectivity index (χ3v) is 8.61. The fraction of sp³-hybridized carbons (Fsp3) is 0.344. The molecule has 0 unspecified atom stereocenters. The van der Waals surface area contributed by atoms with Crippen LogP contribution in [0.4, 0.5) is 0 Å². The number of hydrogen-bond donors (Lipinski definition) is 1. The first kappa shape index (κ1) is 27.6. The van der Waals surface area contributed by atoms with Crippen LogP contribution in [0.5, 0.6) is 34.5 Å². The van der Waals surface area contributed by atoms with Crippen molar-refractivity contribution < 1.29 is 38.3 Å². The third kappa shape index (κ3) is 3.21. The van der Waals surface area contributed by atoms with Gasteiger partial charge in [-0.15, -0.1) is 0 Å². The number of carbonyl (C=O) groups is 1. The molecule has 0 fully saturated rings. The summed E-state index contributed by atoms with van der Waals surface area (Å²) in [6.07, 6.45) is -0.135. The average molecular weight is 575 g/mol. The van der Waals surface area contributed by atoms with Crippen LogP contribution in [0.1, 0.15) is 30.9 Å². The molecule has 5 aromatic rings. The molecule has 0 radical (unpaired) electrons. The third-order valence-electron chi connectivity index (χ3n) is 8.61. The largest absolute Gasteiger partial charge is 0.496 e. The second-order valence-electron chi connectivity index (χ2n) is 10.8. The van der Waals surface area contributed by atoms with Gasteiger partial charge in [0.1, 0.15) is 28.8 Å². The molecule has 0 amide bonds. The van der Waals surface area contributed by atoms with E-state index in [1.165, 1.54) is 56.5 Å². The summed E-state index contributed by atoms with van der Waals surface area (Å²) in [5, 5.41) is 15.3. The van der Waals surface area contributed by atoms with Gasteiger partial charge >= 0.3 is 0 Å². The molecule has 10 heteroatoms. The van der Waals surface area contributed by atoms with Crippen molar-refractivity contribution >= 4 is 48.9 Å². The molecule has 0 saturated carbocycles. The van der Waals surface area contributed by atoms with Crippen LogP contribution in [0.2, 0.25) is 0 Å². The number of hydrogen-bond acceptors (Lipinski definition) is 10. The maximum absolute atomic E-state index is 14.3. The van der Waals surface area contributed by atoms with Crippen LogP contribution in [-0.2, 0) is 11.2 Å². The van der Waals surface area contributed by atoms with E-state index in [0.717, 1.165) is 0 Å². The summed E-state index contributed by atoms with van der Waals surface area (Å²) >= 11 is 0. The lowest BCUT2D eigenvalue weighted by molar-refractivity contribution is -0.124. The first-order valence-corrected chi connectivity index (χ1v) is 13.2. The van der Waals surface area contributed by atoms with E-state index in [4.69, 9.17) is 28.4 Å². The SMILES string of the molecule is COc1c2c3c4c(c(OC)c(=O)c5c(OC)cc(OC)c(c6c(OC)cc(OC)c(c1=O)c63)c54)[C@@H](C(C)=O)[C@@](C)(O)C2. The van der Waals surface area contributed by atoms with Crippen LogP contribution in [0.25, 0.3) is 43.1 Å². The number of aliphatic hydroxyl groups is 1. The minimum absolute atomic E-state index is 0.000952. The Morgan fingerprint density at radius 3 is 1.52 bits per heavy atom. The van der Waals surface area contributed by atoms with Gasteiger partial charge in [0.25, 0.3) is 0 Å². The second-order valence-corrected chi connectivity index (χ2v) is 10.8. The Morgan fingerprint density at radius 1 is 0.667 bits per heavy atom. The number of carbonyl (C=O) groups excluding carboxylic acids is 1. The van der Waals surface area contributed by atoms with Crippen LogP contribution in [-0.4, -0.2) is 59.1 Å². The van der Waals surface area contributed by atoms with Gasteiger partial charge in [-0.3, -0.25) is 14.4 Å². The van der Waals surface area contributed by atoms with E-state index in [1.807, 2.05) is 0 Å². The Labute approximate surface area is 239 Å². The van der Waals surface area contributed by atoms with E-state index in [-0.39, 0.29) is 51.5 Å². The Morgan fingerprint density at radius 2 is 1.10 bits per heavy atom. The summed E-state index contributed by atoms with van der Waals surface area (Å²) < 4.78 is 34.6. The summed E-state index contributed by atoms with van der Waals surface area (Å²) in [4.78, 5) is 41.9. The average Bonchev–Trinajstić information content (AvgIpc) is 3.07. The van der Waals surface area contributed by atoms with Crippen molar-refractivity contribution in [2.75, 3.05) is 42.7 Å². The van der Waals surface area contributed by atoms with Crippen molar-refractivity contribution in [2.24, 2.45) is 0 Å². The van der Waals surface area contributed by atoms with Crippen molar-refractivity contribution in [2.45, 2.75) is 31.8 Å². The van der Waals surface area contributed by atoms with E-state index < -0.39 is 22.4 Å². The molecule has 1 aliphatic rings. The minimum Gasteiger partial charge on any atom is -0.496 e. The molecular formula is C32H30O10. The van der Waals surface area contributed by atoms with Gasteiger partial charge in [0.05, 0.1) is 65.0 Å². The number of Topliss-reactive ketones (excluding diaryl/α,β-unsaturated/α-hetero) is 1. The highest BCUT2D eigenvalue weighted by atomic mass is 16.5. The Bertz CT molecular complexity index is 2080. The number of rotatable bonds is 7. The maximum Gasteiger partial charge on any atom is 0.232 e. The van der Waals surface area contributed by atoms with E-state index in [9.17, 15) is 19.5 Å². The van der Waals surface area contributed by atoms with Crippen LogP contribution < -0.4 is 39.3 Å². The molecule has 42 heavy (non-hydrogen) atoms. The molecule has 1 N–H and O–H groups in total. The molecule has 218 valence electrons. The number of fused-ring (bicyclic) bond motifs is 1. The number of ketones is 1. The lowest BCUT2D eigenvalue weighted by Crippen LogP contribution is -2.39. The fourth-order valence-corrected chi connectivity index (χ4v) is 7.17. The monoisotopic (exact) mass is 574 g/mol. The van der Waals surface area contributed by atoms with Crippen molar-refractivity contribution in [3.05, 3.63) is 43.7 Å². The van der Waals surface area contributed by atoms with Gasteiger partial charge in [-0.25, -0.2) is 0 Å². The molecule has 1 aliphatic carbocycles. The lowest BCUT2D eigenvalue weighted by atomic mass is 9.77. The molecule has 0 aromatic heterocycles. The number of methoxy groups -OCH3 is 6. The standard InChI is InChI=1S/C32H30O10/c1-12(33)27-26-24-18-13(11-32(27,2)36)30(41-7)28(34)21-16(39-5)9-14(37-3)19(23(18)21)20-15(38-4)10-17(40-6)22(25(20)24)29(35)31(26)42-8/h9-10,27,36H,11H2,1-8H3/t27-,32+/m1/s1. The van der Waals surface area contributed by atoms with Crippen LogP contribution in [0, 0.1) is 0 Å². The molecular weight excluding hydrogens is 544 g/mol. The molecule has 0 aliphatic heterocycles. The van der Waals surface area contributed by atoms with Crippen LogP contribution in [0.3, 0.4) is 0 Å². The zero-order valence-electron chi connectivity index (χ0n) is 24.6. The van der Waals surface area contributed by atoms with Gasteiger partial charge in [-0.2, -0.15) is 0 Å². The summed E-state index contributed by atoms with van der Waals surface area (Å²) in [6.45, 7) is 2.87. The Hall–Kier alpha value is -4.57. The van der Waals surface area contributed by atoms with E-state index in [2.05, 4.69) is 0 Å². The maximum atomic E-state index is 14.3. The summed E-state index contributed by atoms with van der Waals surface area (Å²) in [6, 6.07) is 3.21. The van der Waals surface area contributed by atoms with Crippen molar-refractivity contribution in [3.8, 4) is 34.5 Å². The van der Waals surface area contributed by atoms with E-state index in [1.54, 1.807) is 12.1 Å². The highest BCUT2D eigenvalue weighted by molar-refractivity contribution is 6.38. The second kappa shape index (κ2) is 9.22. The van der Waals surface area contributed by atoms with Gasteiger partial charge in [-0.1, -0.05) is 0 Å². The van der Waals surface area contributed by atoms with Gasteiger partial charge < -0.3 is 33.5 Å².